The molecule has 1 aliphatic rings. The van der Waals surface area contributed by atoms with Crippen molar-refractivity contribution in [1.82, 2.24) is 9.55 Å². The first-order valence-electron chi connectivity index (χ1n) is 5.39. The van der Waals surface area contributed by atoms with E-state index >= 15 is 0 Å². The third kappa shape index (κ3) is 2.20. The molecule has 0 radical (unpaired) electrons. The fraction of sp³-hybridized carbons (Fsp3) is 0.500. The second-order valence-electron chi connectivity index (χ2n) is 4.10. The van der Waals surface area contributed by atoms with Gasteiger partial charge >= 0.3 is 5.69 Å². The zero-order valence-electron chi connectivity index (χ0n) is 9.44. The van der Waals surface area contributed by atoms with Gasteiger partial charge in [-0.05, 0) is 12.8 Å². The van der Waals surface area contributed by atoms with Crippen LogP contribution in [0.3, 0.4) is 0 Å². The van der Waals surface area contributed by atoms with Gasteiger partial charge in [0.1, 0.15) is 11.8 Å². The minimum absolute atomic E-state index is 0.355. The van der Waals surface area contributed by atoms with Crippen LogP contribution in [0.4, 0.5) is 0 Å². The number of aliphatic hydroxyl groups excluding tert-OH is 1. The molecule has 0 bridgehead atoms. The molecule has 0 amide bonds. The number of oxime groups is 1. The number of hydrogen-bond acceptors (Lipinski definition) is 6. The molecule has 2 rings (SSSR count). The lowest BCUT2D eigenvalue weighted by atomic mass is 10.0. The number of aromatic nitrogens is 2. The predicted octanol–water partition coefficient (Wildman–Crippen LogP) is -0.963. The third-order valence-corrected chi connectivity index (χ3v) is 2.91. The second-order valence-corrected chi connectivity index (χ2v) is 4.10. The van der Waals surface area contributed by atoms with E-state index in [0.29, 0.717) is 12.8 Å². The van der Waals surface area contributed by atoms with Crippen LogP contribution in [-0.2, 0) is 4.74 Å². The minimum atomic E-state index is -1.09. The van der Waals surface area contributed by atoms with Crippen molar-refractivity contribution in [2.75, 3.05) is 6.61 Å². The molecule has 2 atom stereocenters. The van der Waals surface area contributed by atoms with Crippen molar-refractivity contribution in [3.05, 3.63) is 33.1 Å². The van der Waals surface area contributed by atoms with Crippen LogP contribution in [0.2, 0.25) is 0 Å². The summed E-state index contributed by atoms with van der Waals surface area (Å²) in [5.41, 5.74) is -2.16. The van der Waals surface area contributed by atoms with E-state index in [1.165, 1.54) is 16.8 Å². The van der Waals surface area contributed by atoms with Gasteiger partial charge < -0.3 is 15.1 Å². The number of hydrogen-bond donors (Lipinski definition) is 3. The molecule has 0 unspecified atom stereocenters. The Hall–Kier alpha value is -1.93. The van der Waals surface area contributed by atoms with E-state index in [2.05, 4.69) is 10.1 Å². The highest BCUT2D eigenvalue weighted by atomic mass is 16.5. The first-order valence-corrected chi connectivity index (χ1v) is 5.39. The second kappa shape index (κ2) is 4.75. The number of aromatic amines is 1. The Morgan fingerprint density at radius 1 is 1.67 bits per heavy atom. The van der Waals surface area contributed by atoms with E-state index in [-0.39, 0.29) is 6.61 Å². The van der Waals surface area contributed by atoms with Gasteiger partial charge in [0.2, 0.25) is 0 Å². The average molecular weight is 255 g/mol. The number of ether oxygens (including phenoxy) is 1. The van der Waals surface area contributed by atoms with Gasteiger partial charge in [0.25, 0.3) is 5.56 Å². The molecule has 8 nitrogen and oxygen atoms in total. The van der Waals surface area contributed by atoms with Crippen molar-refractivity contribution in [1.29, 1.82) is 0 Å². The summed E-state index contributed by atoms with van der Waals surface area (Å²) in [7, 11) is 0. The fourth-order valence-electron chi connectivity index (χ4n) is 1.96. The molecule has 0 saturated carbocycles. The van der Waals surface area contributed by atoms with Crippen molar-refractivity contribution in [3.8, 4) is 0 Å². The zero-order valence-corrected chi connectivity index (χ0v) is 9.44. The average Bonchev–Trinajstić information content (AvgIpc) is 2.74. The Balaban J connectivity index is 2.28. The Kier molecular flexibility index (Phi) is 3.30. The molecular weight excluding hydrogens is 242 g/mol. The van der Waals surface area contributed by atoms with Crippen LogP contribution >= 0.6 is 0 Å². The lowest BCUT2D eigenvalue weighted by Crippen LogP contribution is -2.37. The monoisotopic (exact) mass is 255 g/mol. The van der Waals surface area contributed by atoms with Gasteiger partial charge in [0.05, 0.1) is 12.8 Å². The van der Waals surface area contributed by atoms with Gasteiger partial charge in [-0.25, -0.2) is 4.79 Å². The summed E-state index contributed by atoms with van der Waals surface area (Å²) in [4.78, 5) is 24.6. The normalized spacial score (nSPS) is 27.9. The first kappa shape index (κ1) is 12.5. The number of rotatable bonds is 3. The van der Waals surface area contributed by atoms with Crippen molar-refractivity contribution < 1.29 is 15.1 Å². The van der Waals surface area contributed by atoms with E-state index in [1.807, 2.05) is 0 Å². The third-order valence-electron chi connectivity index (χ3n) is 2.91. The number of H-pyrrole nitrogens is 1. The van der Waals surface area contributed by atoms with Gasteiger partial charge in [-0.3, -0.25) is 14.3 Å². The van der Waals surface area contributed by atoms with Gasteiger partial charge in [0, 0.05) is 12.3 Å². The Bertz CT molecular complexity index is 563. The van der Waals surface area contributed by atoms with Crippen LogP contribution < -0.4 is 11.2 Å². The summed E-state index contributed by atoms with van der Waals surface area (Å²) in [5.74, 6) is 0. The van der Waals surface area contributed by atoms with Crippen LogP contribution in [0.5, 0.6) is 0 Å². The summed E-state index contributed by atoms with van der Waals surface area (Å²) in [5, 5.41) is 20.7. The maximum Gasteiger partial charge on any atom is 0.330 e. The van der Waals surface area contributed by atoms with Crippen molar-refractivity contribution in [2.45, 2.75) is 24.7 Å². The Morgan fingerprint density at radius 3 is 3.06 bits per heavy atom. The van der Waals surface area contributed by atoms with Crippen LogP contribution in [-0.4, -0.2) is 38.3 Å². The minimum Gasteiger partial charge on any atom is -0.411 e. The standard InChI is InChI=1S/C10H13N3O5/c14-6-10(5-11-17)3-1-8(18-10)13-4-2-7(15)12-9(13)16/h2,4-5,8,14,17H,1,3,6H2,(H,12,15,16)/b11-5-/t8-,10-/m1/s1. The topological polar surface area (TPSA) is 117 Å². The largest absolute Gasteiger partial charge is 0.411 e. The number of aliphatic hydroxyl groups is 1. The molecule has 0 aliphatic carbocycles. The molecule has 3 N–H and O–H groups in total. The van der Waals surface area contributed by atoms with Gasteiger partial charge in [-0.15, -0.1) is 0 Å². The number of nitrogens with one attached hydrogen (secondary N) is 1. The Morgan fingerprint density at radius 2 is 2.44 bits per heavy atom. The van der Waals surface area contributed by atoms with Crippen LogP contribution in [0.1, 0.15) is 19.1 Å². The van der Waals surface area contributed by atoms with E-state index < -0.39 is 23.1 Å². The lowest BCUT2D eigenvalue weighted by molar-refractivity contribution is -0.0571. The SMILES string of the molecule is O=c1ccn([C@H]2CC[C@@](/C=N\O)(CO)O2)c(=O)[nH]1. The van der Waals surface area contributed by atoms with Crippen LogP contribution in [0, 0.1) is 0 Å². The van der Waals surface area contributed by atoms with Crippen LogP contribution in [0.25, 0.3) is 0 Å². The maximum absolute atomic E-state index is 11.6. The quantitative estimate of drug-likeness (QED) is 0.365. The van der Waals surface area contributed by atoms with Gasteiger partial charge in [-0.1, -0.05) is 5.16 Å². The lowest BCUT2D eigenvalue weighted by Gasteiger charge is -2.22. The molecule has 0 spiro atoms. The molecule has 2 heterocycles. The summed E-state index contributed by atoms with van der Waals surface area (Å²) < 4.78 is 6.75. The highest BCUT2D eigenvalue weighted by Crippen LogP contribution is 2.34. The van der Waals surface area contributed by atoms with E-state index in [4.69, 9.17) is 9.94 Å². The number of nitrogens with zero attached hydrogens (tertiary/aromatic N) is 2. The molecule has 1 aromatic rings. The molecule has 98 valence electrons. The predicted molar refractivity (Wildman–Crippen MR) is 60.8 cm³/mol. The highest BCUT2D eigenvalue weighted by Gasteiger charge is 2.40. The molecule has 0 aromatic carbocycles. The first-order chi connectivity index (χ1) is 8.60. The summed E-state index contributed by atoms with van der Waals surface area (Å²) in [6.45, 7) is -0.355. The molecule has 8 heteroatoms. The van der Waals surface area contributed by atoms with E-state index in [0.717, 1.165) is 6.21 Å². The Labute approximate surface area is 101 Å². The molecule has 1 aliphatic heterocycles. The summed E-state index contributed by atoms with van der Waals surface area (Å²) in [6, 6.07) is 1.21. The summed E-state index contributed by atoms with van der Waals surface area (Å²) in [6.07, 6.45) is 2.68. The molecule has 1 fully saturated rings. The van der Waals surface area contributed by atoms with E-state index in [1.54, 1.807) is 0 Å². The highest BCUT2D eigenvalue weighted by molar-refractivity contribution is 5.68. The van der Waals surface area contributed by atoms with Gasteiger partial charge in [0.15, 0.2) is 0 Å². The molecular formula is C10H13N3O5. The van der Waals surface area contributed by atoms with Gasteiger partial charge in [-0.2, -0.15) is 0 Å². The van der Waals surface area contributed by atoms with E-state index in [9.17, 15) is 14.7 Å². The summed E-state index contributed by atoms with van der Waals surface area (Å²) >= 11 is 0. The molecule has 1 saturated heterocycles. The maximum atomic E-state index is 11.6. The fourth-order valence-corrected chi connectivity index (χ4v) is 1.96. The van der Waals surface area contributed by atoms with Crippen LogP contribution in [0.15, 0.2) is 27.0 Å². The smallest absolute Gasteiger partial charge is 0.330 e. The van der Waals surface area contributed by atoms with Crippen molar-refractivity contribution in [2.24, 2.45) is 5.16 Å². The van der Waals surface area contributed by atoms with Crippen molar-refractivity contribution >= 4 is 6.21 Å². The van der Waals surface area contributed by atoms with Crippen molar-refractivity contribution in [3.63, 3.8) is 0 Å². The molecule has 1 aromatic heterocycles. The molecule has 18 heavy (non-hydrogen) atoms. The zero-order chi connectivity index (χ0) is 13.2.